The lowest BCUT2D eigenvalue weighted by molar-refractivity contribution is 0.284. The highest BCUT2D eigenvalue weighted by atomic mass is 35.5. The molecule has 0 saturated carbocycles. The minimum absolute atomic E-state index is 0.525. The Bertz CT molecular complexity index is 302. The fourth-order valence-corrected chi connectivity index (χ4v) is 1.29. The number of nitrogens with one attached hydrogen (secondary N) is 1. The van der Waals surface area contributed by atoms with Gasteiger partial charge in [0.1, 0.15) is 11.0 Å². The normalized spacial score (nSPS) is 11.1. The predicted molar refractivity (Wildman–Crippen MR) is 65.5 cm³/mol. The number of anilines is 1. The van der Waals surface area contributed by atoms with Crippen LogP contribution < -0.4 is 5.32 Å². The van der Waals surface area contributed by atoms with E-state index in [1.54, 1.807) is 6.07 Å². The molecule has 0 amide bonds. The Kier molecular flexibility index (Phi) is 4.85. The fourth-order valence-electron chi connectivity index (χ4n) is 1.13. The lowest BCUT2D eigenvalue weighted by Crippen LogP contribution is -2.31. The summed E-state index contributed by atoms with van der Waals surface area (Å²) >= 11 is 5.78. The van der Waals surface area contributed by atoms with Crippen LogP contribution >= 0.6 is 11.6 Å². The van der Waals surface area contributed by atoms with E-state index in [0.29, 0.717) is 11.2 Å². The molecule has 0 aliphatic carbocycles. The van der Waals surface area contributed by atoms with Crippen molar-refractivity contribution >= 4 is 17.4 Å². The van der Waals surface area contributed by atoms with Crippen LogP contribution in [0.15, 0.2) is 18.2 Å². The first kappa shape index (κ1) is 12.3. The van der Waals surface area contributed by atoms with E-state index >= 15 is 0 Å². The molecule has 1 N–H and O–H groups in total. The van der Waals surface area contributed by atoms with Crippen LogP contribution in [0, 0.1) is 0 Å². The summed E-state index contributed by atoms with van der Waals surface area (Å²) in [5.74, 6) is 0.833. The van der Waals surface area contributed by atoms with Crippen molar-refractivity contribution in [1.82, 2.24) is 9.88 Å². The monoisotopic (exact) mass is 227 g/mol. The zero-order valence-electron chi connectivity index (χ0n) is 9.50. The van der Waals surface area contributed by atoms with Crippen molar-refractivity contribution in [3.63, 3.8) is 0 Å². The third-order valence-electron chi connectivity index (χ3n) is 2.37. The van der Waals surface area contributed by atoms with Crippen molar-refractivity contribution < 1.29 is 0 Å². The molecule has 0 radical (unpaired) electrons. The van der Waals surface area contributed by atoms with Crippen molar-refractivity contribution in [3.8, 4) is 0 Å². The van der Waals surface area contributed by atoms with Crippen molar-refractivity contribution in [3.05, 3.63) is 23.4 Å². The van der Waals surface area contributed by atoms with Gasteiger partial charge >= 0.3 is 0 Å². The molecule has 1 rings (SSSR count). The van der Waals surface area contributed by atoms with E-state index in [4.69, 9.17) is 11.6 Å². The van der Waals surface area contributed by atoms with E-state index in [0.717, 1.165) is 18.9 Å². The molecule has 0 fully saturated rings. The number of rotatable bonds is 5. The van der Waals surface area contributed by atoms with E-state index in [1.165, 1.54) is 0 Å². The van der Waals surface area contributed by atoms with E-state index in [2.05, 4.69) is 36.1 Å². The molecule has 0 bridgehead atoms. The summed E-state index contributed by atoms with van der Waals surface area (Å²) in [5, 5.41) is 3.76. The number of hydrogen-bond donors (Lipinski definition) is 1. The first-order valence-corrected chi connectivity index (χ1v) is 5.54. The first-order valence-electron chi connectivity index (χ1n) is 5.16. The molecule has 0 saturated heterocycles. The summed E-state index contributed by atoms with van der Waals surface area (Å²) in [6.07, 6.45) is 0. The average molecular weight is 228 g/mol. The highest BCUT2D eigenvalue weighted by Crippen LogP contribution is 2.08. The molecular weight excluding hydrogens is 210 g/mol. The Morgan fingerprint density at radius 2 is 2.20 bits per heavy atom. The van der Waals surface area contributed by atoms with Gasteiger partial charge < -0.3 is 10.2 Å². The molecule has 0 aliphatic rings. The van der Waals surface area contributed by atoms with Crippen LogP contribution in [0.1, 0.15) is 13.8 Å². The summed E-state index contributed by atoms with van der Waals surface area (Å²) in [6.45, 7) is 6.23. The molecule has 1 aromatic rings. The molecule has 0 aliphatic heterocycles. The minimum Gasteiger partial charge on any atom is -0.369 e. The standard InChI is InChI=1S/C11H18ClN3/c1-9(2)15(3)8-7-13-11-6-4-5-10(12)14-11/h4-6,9H,7-8H2,1-3H3,(H,13,14). The zero-order valence-corrected chi connectivity index (χ0v) is 10.3. The Balaban J connectivity index is 2.32. The SMILES string of the molecule is CC(C)N(C)CCNc1cccc(Cl)n1. The van der Waals surface area contributed by atoms with E-state index < -0.39 is 0 Å². The number of aromatic nitrogens is 1. The van der Waals surface area contributed by atoms with Gasteiger partial charge in [0.25, 0.3) is 0 Å². The van der Waals surface area contributed by atoms with Gasteiger partial charge in [0, 0.05) is 19.1 Å². The third-order valence-corrected chi connectivity index (χ3v) is 2.58. The van der Waals surface area contributed by atoms with Gasteiger partial charge in [-0.05, 0) is 33.0 Å². The van der Waals surface area contributed by atoms with Gasteiger partial charge in [0.05, 0.1) is 0 Å². The Labute approximate surface area is 96.5 Å². The largest absolute Gasteiger partial charge is 0.369 e. The van der Waals surface area contributed by atoms with Gasteiger partial charge in [-0.3, -0.25) is 0 Å². The number of pyridine rings is 1. The van der Waals surface area contributed by atoms with Gasteiger partial charge in [-0.25, -0.2) is 4.98 Å². The fraction of sp³-hybridized carbons (Fsp3) is 0.545. The van der Waals surface area contributed by atoms with Gasteiger partial charge in [-0.1, -0.05) is 17.7 Å². The molecule has 1 aromatic heterocycles. The second-order valence-corrected chi connectivity index (χ2v) is 4.23. The lowest BCUT2D eigenvalue weighted by atomic mass is 10.3. The van der Waals surface area contributed by atoms with Crippen LogP contribution in [0.25, 0.3) is 0 Å². The predicted octanol–water partition coefficient (Wildman–Crippen LogP) is 2.49. The number of likely N-dealkylation sites (N-methyl/N-ethyl adjacent to an activating group) is 1. The molecule has 0 aromatic carbocycles. The van der Waals surface area contributed by atoms with Crippen molar-refractivity contribution in [2.24, 2.45) is 0 Å². The summed E-state index contributed by atoms with van der Waals surface area (Å²) in [6, 6.07) is 6.15. The molecule has 15 heavy (non-hydrogen) atoms. The smallest absolute Gasteiger partial charge is 0.131 e. The Hall–Kier alpha value is -0.800. The number of halogens is 1. The molecule has 1 heterocycles. The van der Waals surface area contributed by atoms with Crippen LogP contribution in [0.3, 0.4) is 0 Å². The topological polar surface area (TPSA) is 28.2 Å². The van der Waals surface area contributed by atoms with Crippen molar-refractivity contribution in [2.75, 3.05) is 25.5 Å². The van der Waals surface area contributed by atoms with Crippen molar-refractivity contribution in [1.29, 1.82) is 0 Å². The first-order chi connectivity index (χ1) is 7.09. The molecular formula is C11H18ClN3. The Morgan fingerprint density at radius 1 is 1.47 bits per heavy atom. The maximum atomic E-state index is 5.78. The molecule has 0 spiro atoms. The minimum atomic E-state index is 0.525. The van der Waals surface area contributed by atoms with E-state index in [1.807, 2.05) is 12.1 Å². The van der Waals surface area contributed by atoms with E-state index in [-0.39, 0.29) is 0 Å². The summed E-state index contributed by atoms with van der Waals surface area (Å²) in [7, 11) is 2.11. The lowest BCUT2D eigenvalue weighted by Gasteiger charge is -2.20. The average Bonchev–Trinajstić information content (AvgIpc) is 2.17. The van der Waals surface area contributed by atoms with E-state index in [9.17, 15) is 0 Å². The van der Waals surface area contributed by atoms with Crippen LogP contribution in [0.2, 0.25) is 5.15 Å². The number of nitrogens with zero attached hydrogens (tertiary/aromatic N) is 2. The highest BCUT2D eigenvalue weighted by molar-refractivity contribution is 6.29. The second-order valence-electron chi connectivity index (χ2n) is 3.85. The Morgan fingerprint density at radius 3 is 2.80 bits per heavy atom. The maximum absolute atomic E-state index is 5.78. The summed E-state index contributed by atoms with van der Waals surface area (Å²) in [4.78, 5) is 6.43. The molecule has 0 unspecified atom stereocenters. The molecule has 0 atom stereocenters. The maximum Gasteiger partial charge on any atom is 0.131 e. The molecule has 4 heteroatoms. The summed E-state index contributed by atoms with van der Waals surface area (Å²) in [5.41, 5.74) is 0. The van der Waals surface area contributed by atoms with Gasteiger partial charge in [-0.15, -0.1) is 0 Å². The third kappa shape index (κ3) is 4.49. The summed E-state index contributed by atoms with van der Waals surface area (Å²) < 4.78 is 0. The van der Waals surface area contributed by atoms with Crippen LogP contribution in [-0.2, 0) is 0 Å². The molecule has 84 valence electrons. The quantitative estimate of drug-likeness (QED) is 0.784. The second kappa shape index (κ2) is 5.93. The van der Waals surface area contributed by atoms with Crippen molar-refractivity contribution in [2.45, 2.75) is 19.9 Å². The van der Waals surface area contributed by atoms with Gasteiger partial charge in [0.2, 0.25) is 0 Å². The van der Waals surface area contributed by atoms with Crippen LogP contribution in [0.5, 0.6) is 0 Å². The van der Waals surface area contributed by atoms with Crippen LogP contribution in [0.4, 0.5) is 5.82 Å². The highest BCUT2D eigenvalue weighted by Gasteiger charge is 2.02. The zero-order chi connectivity index (χ0) is 11.3. The molecule has 3 nitrogen and oxygen atoms in total. The number of hydrogen-bond acceptors (Lipinski definition) is 3. The van der Waals surface area contributed by atoms with Crippen LogP contribution in [-0.4, -0.2) is 36.1 Å². The van der Waals surface area contributed by atoms with Gasteiger partial charge in [-0.2, -0.15) is 0 Å². The van der Waals surface area contributed by atoms with Gasteiger partial charge in [0.15, 0.2) is 0 Å².